The van der Waals surface area contributed by atoms with Crippen LogP contribution in [0.3, 0.4) is 0 Å². The van der Waals surface area contributed by atoms with E-state index in [0.717, 1.165) is 5.75 Å². The standard InChI is InChI=1S/C12H10BFO2/c14-10-6-8-12(9-7-10)16-13-15-11-4-2-1-3-5-11/h1-9,13H. The first kappa shape index (κ1) is 10.5. The predicted molar refractivity (Wildman–Crippen MR) is 61.2 cm³/mol. The Morgan fingerprint density at radius 2 is 1.31 bits per heavy atom. The lowest BCUT2D eigenvalue weighted by molar-refractivity contribution is 0.458. The van der Waals surface area contributed by atoms with Crippen LogP contribution in [-0.4, -0.2) is 7.69 Å². The molecule has 0 aromatic heterocycles. The van der Waals surface area contributed by atoms with Crippen molar-refractivity contribution < 1.29 is 13.7 Å². The molecule has 2 nitrogen and oxygen atoms in total. The molecule has 16 heavy (non-hydrogen) atoms. The van der Waals surface area contributed by atoms with Crippen LogP contribution in [0, 0.1) is 5.82 Å². The highest BCUT2D eigenvalue weighted by molar-refractivity contribution is 6.20. The van der Waals surface area contributed by atoms with Crippen molar-refractivity contribution in [2.24, 2.45) is 0 Å². The zero-order valence-electron chi connectivity index (χ0n) is 8.60. The second-order valence-corrected chi connectivity index (χ2v) is 3.17. The Morgan fingerprint density at radius 1 is 0.750 bits per heavy atom. The quantitative estimate of drug-likeness (QED) is 0.731. The van der Waals surface area contributed by atoms with Crippen molar-refractivity contribution in [3.63, 3.8) is 0 Å². The summed E-state index contributed by atoms with van der Waals surface area (Å²) in [6, 6.07) is 15.2. The maximum absolute atomic E-state index is 12.6. The summed E-state index contributed by atoms with van der Waals surface area (Å²) in [4.78, 5) is 0. The molecule has 0 heterocycles. The van der Waals surface area contributed by atoms with Crippen molar-refractivity contribution in [3.05, 3.63) is 60.4 Å². The zero-order chi connectivity index (χ0) is 11.2. The molecule has 0 unspecified atom stereocenters. The first-order valence-electron chi connectivity index (χ1n) is 4.91. The maximum atomic E-state index is 12.6. The van der Waals surface area contributed by atoms with Crippen LogP contribution in [0.4, 0.5) is 4.39 Å². The molecule has 0 aliphatic heterocycles. The third-order valence-electron chi connectivity index (χ3n) is 2.01. The molecule has 0 saturated heterocycles. The topological polar surface area (TPSA) is 18.5 Å². The number of benzene rings is 2. The number of hydrogen-bond donors (Lipinski definition) is 0. The number of hydrogen-bond acceptors (Lipinski definition) is 2. The number of para-hydroxylation sites is 1. The summed E-state index contributed by atoms with van der Waals surface area (Å²) < 4.78 is 23.2. The molecule has 80 valence electrons. The number of rotatable bonds is 4. The SMILES string of the molecule is Fc1ccc(OBOc2ccccc2)cc1. The van der Waals surface area contributed by atoms with Crippen LogP contribution < -0.4 is 9.31 Å². The van der Waals surface area contributed by atoms with E-state index in [1.807, 2.05) is 30.3 Å². The Hall–Kier alpha value is -1.97. The molecule has 0 fully saturated rings. The molecule has 0 N–H and O–H groups in total. The van der Waals surface area contributed by atoms with Crippen LogP contribution in [0.25, 0.3) is 0 Å². The summed E-state index contributed by atoms with van der Waals surface area (Å²) in [7, 11) is 0.107. The van der Waals surface area contributed by atoms with Gasteiger partial charge in [0, 0.05) is 0 Å². The van der Waals surface area contributed by atoms with Crippen molar-refractivity contribution in [1.82, 2.24) is 0 Å². The van der Waals surface area contributed by atoms with Crippen LogP contribution >= 0.6 is 0 Å². The fourth-order valence-electron chi connectivity index (χ4n) is 1.21. The maximum Gasteiger partial charge on any atom is 0.576 e. The van der Waals surface area contributed by atoms with Gasteiger partial charge in [-0.05, 0) is 36.4 Å². The highest BCUT2D eigenvalue weighted by Crippen LogP contribution is 2.12. The van der Waals surface area contributed by atoms with Crippen molar-refractivity contribution in [2.45, 2.75) is 0 Å². The third-order valence-corrected chi connectivity index (χ3v) is 2.01. The summed E-state index contributed by atoms with van der Waals surface area (Å²) >= 11 is 0. The predicted octanol–water partition coefficient (Wildman–Crippen LogP) is 2.55. The molecule has 2 aromatic rings. The lowest BCUT2D eigenvalue weighted by atomic mass is 10.3. The normalized spacial score (nSPS) is 9.56. The summed E-state index contributed by atoms with van der Waals surface area (Å²) in [5, 5.41) is 0. The Kier molecular flexibility index (Phi) is 3.44. The van der Waals surface area contributed by atoms with Gasteiger partial charge in [-0.1, -0.05) is 18.2 Å². The summed E-state index contributed by atoms with van der Waals surface area (Å²) in [6.45, 7) is 0. The summed E-state index contributed by atoms with van der Waals surface area (Å²) in [6.07, 6.45) is 0. The molecule has 0 radical (unpaired) electrons. The van der Waals surface area contributed by atoms with Gasteiger partial charge in [0.15, 0.2) is 0 Å². The second-order valence-electron chi connectivity index (χ2n) is 3.17. The van der Waals surface area contributed by atoms with E-state index in [9.17, 15) is 4.39 Å². The van der Waals surface area contributed by atoms with Crippen molar-refractivity contribution in [3.8, 4) is 11.5 Å². The van der Waals surface area contributed by atoms with Crippen molar-refractivity contribution in [2.75, 3.05) is 0 Å². The van der Waals surface area contributed by atoms with E-state index < -0.39 is 0 Å². The molecule has 2 rings (SSSR count). The average molecular weight is 216 g/mol. The molecule has 2 aromatic carbocycles. The van der Waals surface area contributed by atoms with Crippen LogP contribution in [0.15, 0.2) is 54.6 Å². The van der Waals surface area contributed by atoms with Crippen LogP contribution in [0.5, 0.6) is 11.5 Å². The minimum Gasteiger partial charge on any atom is -0.529 e. The van der Waals surface area contributed by atoms with Crippen LogP contribution in [0.1, 0.15) is 0 Å². The Labute approximate surface area is 93.9 Å². The first-order valence-corrected chi connectivity index (χ1v) is 4.91. The fourth-order valence-corrected chi connectivity index (χ4v) is 1.21. The van der Waals surface area contributed by atoms with E-state index in [4.69, 9.17) is 9.31 Å². The molecular weight excluding hydrogens is 206 g/mol. The highest BCUT2D eigenvalue weighted by Gasteiger charge is 1.98. The average Bonchev–Trinajstić information content (AvgIpc) is 2.33. The third kappa shape index (κ3) is 3.02. The molecule has 0 atom stereocenters. The van der Waals surface area contributed by atoms with E-state index >= 15 is 0 Å². The van der Waals surface area contributed by atoms with Gasteiger partial charge in [0.2, 0.25) is 0 Å². The smallest absolute Gasteiger partial charge is 0.529 e. The highest BCUT2D eigenvalue weighted by atomic mass is 19.1. The van der Waals surface area contributed by atoms with Gasteiger partial charge in [-0.2, -0.15) is 0 Å². The van der Waals surface area contributed by atoms with E-state index in [2.05, 4.69) is 0 Å². The first-order chi connectivity index (χ1) is 7.84. The van der Waals surface area contributed by atoms with Gasteiger partial charge < -0.3 is 9.31 Å². The minimum atomic E-state index is -0.281. The second kappa shape index (κ2) is 5.21. The van der Waals surface area contributed by atoms with E-state index in [-0.39, 0.29) is 13.5 Å². The fraction of sp³-hybridized carbons (Fsp3) is 0. The van der Waals surface area contributed by atoms with Crippen LogP contribution in [0.2, 0.25) is 0 Å². The molecule has 0 spiro atoms. The van der Waals surface area contributed by atoms with Crippen LogP contribution in [-0.2, 0) is 0 Å². The molecule has 0 saturated carbocycles. The zero-order valence-corrected chi connectivity index (χ0v) is 8.60. The molecule has 0 aliphatic rings. The van der Waals surface area contributed by atoms with Gasteiger partial charge in [0.25, 0.3) is 0 Å². The van der Waals surface area contributed by atoms with E-state index in [0.29, 0.717) is 5.75 Å². The van der Waals surface area contributed by atoms with Gasteiger partial charge in [-0.3, -0.25) is 0 Å². The molecule has 0 aliphatic carbocycles. The summed E-state index contributed by atoms with van der Waals surface area (Å²) in [5.41, 5.74) is 0. The van der Waals surface area contributed by atoms with Gasteiger partial charge >= 0.3 is 7.69 Å². The lowest BCUT2D eigenvalue weighted by Crippen LogP contribution is -2.10. The van der Waals surface area contributed by atoms with E-state index in [1.165, 1.54) is 12.1 Å². The molecule has 0 amide bonds. The molecule has 4 heteroatoms. The van der Waals surface area contributed by atoms with Gasteiger partial charge in [-0.15, -0.1) is 0 Å². The van der Waals surface area contributed by atoms with E-state index in [1.54, 1.807) is 12.1 Å². The Bertz CT molecular complexity index is 431. The molecule has 0 bridgehead atoms. The number of halogens is 1. The lowest BCUT2D eigenvalue weighted by Gasteiger charge is -2.06. The van der Waals surface area contributed by atoms with Crippen molar-refractivity contribution in [1.29, 1.82) is 0 Å². The van der Waals surface area contributed by atoms with Gasteiger partial charge in [0.05, 0.1) is 0 Å². The monoisotopic (exact) mass is 216 g/mol. The van der Waals surface area contributed by atoms with Gasteiger partial charge in [0.1, 0.15) is 17.3 Å². The Balaban J connectivity index is 1.82. The van der Waals surface area contributed by atoms with Crippen molar-refractivity contribution >= 4 is 7.69 Å². The Morgan fingerprint density at radius 3 is 1.94 bits per heavy atom. The van der Waals surface area contributed by atoms with Gasteiger partial charge in [-0.25, -0.2) is 4.39 Å². The minimum absolute atomic E-state index is 0.107. The summed E-state index contributed by atoms with van der Waals surface area (Å²) in [5.74, 6) is 1.04. The largest absolute Gasteiger partial charge is 0.576 e. The molecular formula is C12H10BFO2.